The van der Waals surface area contributed by atoms with Crippen molar-refractivity contribution in [3.63, 3.8) is 0 Å². The van der Waals surface area contributed by atoms with Crippen molar-refractivity contribution in [1.82, 2.24) is 9.88 Å². The van der Waals surface area contributed by atoms with Gasteiger partial charge in [-0.05, 0) is 43.0 Å². The highest BCUT2D eigenvalue weighted by atomic mass is 16.2. The van der Waals surface area contributed by atoms with E-state index in [1.165, 1.54) is 5.56 Å². The van der Waals surface area contributed by atoms with Crippen molar-refractivity contribution < 1.29 is 4.79 Å². The van der Waals surface area contributed by atoms with Crippen LogP contribution in [0.2, 0.25) is 0 Å². The maximum Gasteiger partial charge on any atom is 0.246 e. The van der Waals surface area contributed by atoms with Crippen LogP contribution in [0.15, 0.2) is 30.5 Å². The zero-order valence-corrected chi connectivity index (χ0v) is 13.2. The summed E-state index contributed by atoms with van der Waals surface area (Å²) in [6.45, 7) is 9.62. The summed E-state index contributed by atoms with van der Waals surface area (Å²) in [4.78, 5) is 20.8. The fourth-order valence-electron chi connectivity index (χ4n) is 2.44. The molecule has 2 rings (SSSR count). The lowest BCUT2D eigenvalue weighted by atomic mass is 10.2. The molecular formula is C17H25N3O. The molecule has 1 aromatic rings. The van der Waals surface area contributed by atoms with Gasteiger partial charge in [-0.3, -0.25) is 4.79 Å². The lowest BCUT2D eigenvalue weighted by Gasteiger charge is -2.22. The van der Waals surface area contributed by atoms with Crippen LogP contribution in [0.5, 0.6) is 0 Å². The third-order valence-electron chi connectivity index (χ3n) is 3.66. The largest absolute Gasteiger partial charge is 0.355 e. The van der Waals surface area contributed by atoms with E-state index >= 15 is 0 Å². The number of anilines is 1. The number of aryl methyl sites for hydroxylation is 1. The van der Waals surface area contributed by atoms with E-state index in [0.29, 0.717) is 5.92 Å². The summed E-state index contributed by atoms with van der Waals surface area (Å²) < 4.78 is 0. The Morgan fingerprint density at radius 3 is 2.81 bits per heavy atom. The van der Waals surface area contributed by atoms with E-state index in [1.54, 1.807) is 6.08 Å². The Labute approximate surface area is 127 Å². The van der Waals surface area contributed by atoms with E-state index in [0.717, 1.165) is 38.4 Å². The molecule has 1 amide bonds. The Bertz CT molecular complexity index is 511. The Morgan fingerprint density at radius 2 is 2.10 bits per heavy atom. The van der Waals surface area contributed by atoms with Gasteiger partial charge in [0, 0.05) is 32.4 Å². The van der Waals surface area contributed by atoms with E-state index in [1.807, 2.05) is 23.2 Å². The zero-order chi connectivity index (χ0) is 15.2. The molecule has 4 heteroatoms. The SMILES string of the molecule is Cc1ccnc(N2CCCN(C(=O)C=CC(C)C)CC2)c1. The van der Waals surface area contributed by atoms with Crippen molar-refractivity contribution in [2.24, 2.45) is 5.92 Å². The summed E-state index contributed by atoms with van der Waals surface area (Å²) in [7, 11) is 0. The number of rotatable bonds is 3. The molecule has 1 aliphatic rings. The Kier molecular flexibility index (Phi) is 5.37. The minimum atomic E-state index is 0.128. The van der Waals surface area contributed by atoms with Gasteiger partial charge in [-0.25, -0.2) is 4.98 Å². The van der Waals surface area contributed by atoms with Crippen LogP contribution in [0.1, 0.15) is 25.8 Å². The van der Waals surface area contributed by atoms with Crippen LogP contribution in [0, 0.1) is 12.8 Å². The van der Waals surface area contributed by atoms with E-state index in [-0.39, 0.29) is 5.91 Å². The molecule has 1 fully saturated rings. The van der Waals surface area contributed by atoms with Gasteiger partial charge in [-0.15, -0.1) is 0 Å². The predicted octanol–water partition coefficient (Wildman–Crippen LogP) is 2.64. The van der Waals surface area contributed by atoms with Crippen LogP contribution in [0.3, 0.4) is 0 Å². The molecule has 1 saturated heterocycles. The molecule has 0 spiro atoms. The van der Waals surface area contributed by atoms with Crippen LogP contribution in [0.4, 0.5) is 5.82 Å². The van der Waals surface area contributed by atoms with E-state index in [2.05, 4.69) is 36.7 Å². The zero-order valence-electron chi connectivity index (χ0n) is 13.2. The molecule has 0 radical (unpaired) electrons. The second-order valence-corrected chi connectivity index (χ2v) is 5.96. The molecule has 0 N–H and O–H groups in total. The fourth-order valence-corrected chi connectivity index (χ4v) is 2.44. The Balaban J connectivity index is 1.97. The average molecular weight is 287 g/mol. The van der Waals surface area contributed by atoms with E-state index in [4.69, 9.17) is 0 Å². The summed E-state index contributed by atoms with van der Waals surface area (Å²) in [5.41, 5.74) is 1.22. The van der Waals surface area contributed by atoms with Gasteiger partial charge in [0.1, 0.15) is 5.82 Å². The first kappa shape index (κ1) is 15.5. The number of hydrogen-bond acceptors (Lipinski definition) is 3. The monoisotopic (exact) mass is 287 g/mol. The number of pyridine rings is 1. The van der Waals surface area contributed by atoms with Gasteiger partial charge >= 0.3 is 0 Å². The van der Waals surface area contributed by atoms with Crippen molar-refractivity contribution >= 4 is 11.7 Å². The van der Waals surface area contributed by atoms with Crippen molar-refractivity contribution in [2.75, 3.05) is 31.1 Å². The van der Waals surface area contributed by atoms with Crippen molar-refractivity contribution in [1.29, 1.82) is 0 Å². The second kappa shape index (κ2) is 7.25. The number of amides is 1. The van der Waals surface area contributed by atoms with Gasteiger partial charge in [-0.1, -0.05) is 19.9 Å². The number of carbonyl (C=O) groups excluding carboxylic acids is 1. The molecule has 0 unspecified atom stereocenters. The first-order chi connectivity index (χ1) is 10.1. The summed E-state index contributed by atoms with van der Waals surface area (Å²) in [5.74, 6) is 1.55. The minimum Gasteiger partial charge on any atom is -0.355 e. The molecule has 0 aromatic carbocycles. The molecule has 0 atom stereocenters. The molecule has 21 heavy (non-hydrogen) atoms. The number of allylic oxidation sites excluding steroid dienone is 1. The lowest BCUT2D eigenvalue weighted by Crippen LogP contribution is -2.34. The molecule has 1 aromatic heterocycles. The topological polar surface area (TPSA) is 36.4 Å². The van der Waals surface area contributed by atoms with Gasteiger partial charge in [0.2, 0.25) is 5.91 Å². The van der Waals surface area contributed by atoms with E-state index < -0.39 is 0 Å². The van der Waals surface area contributed by atoms with Crippen LogP contribution >= 0.6 is 0 Å². The highest BCUT2D eigenvalue weighted by molar-refractivity contribution is 5.87. The van der Waals surface area contributed by atoms with Crippen molar-refractivity contribution in [3.05, 3.63) is 36.0 Å². The maximum absolute atomic E-state index is 12.2. The first-order valence-corrected chi connectivity index (χ1v) is 7.71. The van der Waals surface area contributed by atoms with Crippen LogP contribution in [-0.2, 0) is 4.79 Å². The van der Waals surface area contributed by atoms with Crippen LogP contribution in [-0.4, -0.2) is 42.0 Å². The predicted molar refractivity (Wildman–Crippen MR) is 86.4 cm³/mol. The summed E-state index contributed by atoms with van der Waals surface area (Å²) in [6.07, 6.45) is 6.51. The lowest BCUT2D eigenvalue weighted by molar-refractivity contribution is -0.125. The summed E-state index contributed by atoms with van der Waals surface area (Å²) >= 11 is 0. The number of carbonyl (C=O) groups is 1. The molecule has 0 bridgehead atoms. The molecule has 4 nitrogen and oxygen atoms in total. The van der Waals surface area contributed by atoms with Crippen molar-refractivity contribution in [2.45, 2.75) is 27.2 Å². The Morgan fingerprint density at radius 1 is 1.29 bits per heavy atom. The summed E-state index contributed by atoms with van der Waals surface area (Å²) in [6, 6.07) is 4.12. The van der Waals surface area contributed by atoms with Gasteiger partial charge in [-0.2, -0.15) is 0 Å². The second-order valence-electron chi connectivity index (χ2n) is 5.96. The van der Waals surface area contributed by atoms with Gasteiger partial charge in [0.15, 0.2) is 0 Å². The number of aromatic nitrogens is 1. The molecule has 1 aliphatic heterocycles. The van der Waals surface area contributed by atoms with E-state index in [9.17, 15) is 4.79 Å². The van der Waals surface area contributed by atoms with Gasteiger partial charge in [0.25, 0.3) is 0 Å². The third-order valence-corrected chi connectivity index (χ3v) is 3.66. The minimum absolute atomic E-state index is 0.128. The summed E-state index contributed by atoms with van der Waals surface area (Å²) in [5, 5.41) is 0. The smallest absolute Gasteiger partial charge is 0.246 e. The normalized spacial score (nSPS) is 16.6. The highest BCUT2D eigenvalue weighted by Crippen LogP contribution is 2.15. The quantitative estimate of drug-likeness (QED) is 0.802. The standard InChI is InChI=1S/C17H25N3O/c1-14(2)5-6-17(21)20-10-4-9-19(11-12-20)16-13-15(3)7-8-18-16/h5-8,13-14H,4,9-12H2,1-3H3. The molecular weight excluding hydrogens is 262 g/mol. The molecule has 2 heterocycles. The highest BCUT2D eigenvalue weighted by Gasteiger charge is 2.18. The van der Waals surface area contributed by atoms with Crippen LogP contribution < -0.4 is 4.90 Å². The molecule has 0 saturated carbocycles. The Hall–Kier alpha value is -1.84. The van der Waals surface area contributed by atoms with Crippen molar-refractivity contribution in [3.8, 4) is 0 Å². The van der Waals surface area contributed by atoms with Gasteiger partial charge < -0.3 is 9.80 Å². The van der Waals surface area contributed by atoms with Crippen LogP contribution in [0.25, 0.3) is 0 Å². The molecule has 0 aliphatic carbocycles. The number of nitrogens with zero attached hydrogens (tertiary/aromatic N) is 3. The average Bonchev–Trinajstić information content (AvgIpc) is 2.70. The maximum atomic E-state index is 12.2. The molecule has 114 valence electrons. The first-order valence-electron chi connectivity index (χ1n) is 7.71. The van der Waals surface area contributed by atoms with Gasteiger partial charge in [0.05, 0.1) is 0 Å². The third kappa shape index (κ3) is 4.59. The fraction of sp³-hybridized carbons (Fsp3) is 0.529. The number of hydrogen-bond donors (Lipinski definition) is 0.